The van der Waals surface area contributed by atoms with Gasteiger partial charge in [0, 0.05) is 16.5 Å². The average Bonchev–Trinajstić information content (AvgIpc) is 3.28. The molecule has 0 saturated heterocycles. The number of hydrogen-bond donors (Lipinski definition) is 1. The van der Waals surface area contributed by atoms with Crippen LogP contribution < -0.4 is 14.8 Å². The van der Waals surface area contributed by atoms with Crippen molar-refractivity contribution in [3.63, 3.8) is 0 Å². The second-order valence-corrected chi connectivity index (χ2v) is 5.69. The van der Waals surface area contributed by atoms with E-state index in [9.17, 15) is 4.79 Å². The van der Waals surface area contributed by atoms with E-state index >= 15 is 0 Å². The molecule has 0 aliphatic rings. The minimum atomic E-state index is -0.371. The van der Waals surface area contributed by atoms with Crippen molar-refractivity contribution in [3.8, 4) is 23.0 Å². The van der Waals surface area contributed by atoms with Gasteiger partial charge in [-0.25, -0.2) is 0 Å². The molecule has 0 spiro atoms. The molecule has 2 heterocycles. The molecule has 1 N–H and O–H groups in total. The van der Waals surface area contributed by atoms with Crippen molar-refractivity contribution in [3.05, 3.63) is 40.6 Å². The third kappa shape index (κ3) is 3.97. The molecule has 0 aliphatic carbocycles. The van der Waals surface area contributed by atoms with E-state index in [0.717, 1.165) is 5.56 Å². The van der Waals surface area contributed by atoms with Gasteiger partial charge in [-0.3, -0.25) is 10.1 Å². The van der Waals surface area contributed by atoms with Crippen LogP contribution in [-0.2, 0) is 0 Å². The van der Waals surface area contributed by atoms with E-state index in [1.807, 2.05) is 30.7 Å². The highest BCUT2D eigenvalue weighted by Crippen LogP contribution is 2.29. The Morgan fingerprint density at radius 1 is 1.16 bits per heavy atom. The lowest BCUT2D eigenvalue weighted by atomic mass is 10.2. The molecule has 7 nitrogen and oxygen atoms in total. The van der Waals surface area contributed by atoms with E-state index in [2.05, 4.69) is 15.5 Å². The van der Waals surface area contributed by atoms with Crippen LogP contribution in [0.1, 0.15) is 24.2 Å². The zero-order chi connectivity index (χ0) is 17.6. The molecule has 3 rings (SSSR count). The van der Waals surface area contributed by atoms with Crippen LogP contribution in [0.2, 0.25) is 0 Å². The normalized spacial score (nSPS) is 10.5. The van der Waals surface area contributed by atoms with E-state index in [-0.39, 0.29) is 11.9 Å². The van der Waals surface area contributed by atoms with Crippen LogP contribution in [0.15, 0.2) is 39.4 Å². The molecule has 0 bridgehead atoms. The highest BCUT2D eigenvalue weighted by atomic mass is 32.1. The maximum Gasteiger partial charge on any atom is 0.322 e. The minimum absolute atomic E-state index is 0.0399. The number of hydrogen-bond acceptors (Lipinski definition) is 7. The van der Waals surface area contributed by atoms with Gasteiger partial charge >= 0.3 is 6.01 Å². The molecule has 130 valence electrons. The Kier molecular flexibility index (Phi) is 5.30. The molecule has 8 heteroatoms. The van der Waals surface area contributed by atoms with Gasteiger partial charge in [0.25, 0.3) is 11.8 Å². The first-order chi connectivity index (χ1) is 12.2. The SMILES string of the molecule is CCOc1ccc(C(=O)Nc2nnc(-c3ccsc3)o2)cc1OCC. The van der Waals surface area contributed by atoms with Gasteiger partial charge in [0.2, 0.25) is 0 Å². The number of anilines is 1. The van der Waals surface area contributed by atoms with E-state index in [4.69, 9.17) is 13.9 Å². The van der Waals surface area contributed by atoms with Crippen LogP contribution >= 0.6 is 11.3 Å². The summed E-state index contributed by atoms with van der Waals surface area (Å²) in [6.45, 7) is 4.74. The lowest BCUT2D eigenvalue weighted by Gasteiger charge is -2.11. The number of amides is 1. The van der Waals surface area contributed by atoms with E-state index in [0.29, 0.717) is 36.2 Å². The standard InChI is InChI=1S/C17H17N3O4S/c1-3-22-13-6-5-11(9-14(13)23-4-2)15(21)18-17-20-19-16(24-17)12-7-8-25-10-12/h5-10H,3-4H2,1-2H3,(H,18,20,21). The van der Waals surface area contributed by atoms with E-state index < -0.39 is 0 Å². The summed E-state index contributed by atoms with van der Waals surface area (Å²) in [6, 6.07) is 6.88. The van der Waals surface area contributed by atoms with Gasteiger partial charge in [-0.05, 0) is 43.5 Å². The lowest BCUT2D eigenvalue weighted by Crippen LogP contribution is -2.12. The number of nitrogens with zero attached hydrogens (tertiary/aromatic N) is 2. The molecule has 0 atom stereocenters. The number of aromatic nitrogens is 2. The van der Waals surface area contributed by atoms with Crippen molar-refractivity contribution in [2.75, 3.05) is 18.5 Å². The summed E-state index contributed by atoms with van der Waals surface area (Å²) in [4.78, 5) is 12.4. The Labute approximate surface area is 148 Å². The molecule has 0 fully saturated rings. The molecule has 0 unspecified atom stereocenters. The van der Waals surface area contributed by atoms with Crippen LogP contribution in [0.3, 0.4) is 0 Å². The van der Waals surface area contributed by atoms with Crippen LogP contribution in [0.4, 0.5) is 6.01 Å². The summed E-state index contributed by atoms with van der Waals surface area (Å²) in [5.41, 5.74) is 1.22. The van der Waals surface area contributed by atoms with Gasteiger partial charge in [0.05, 0.1) is 13.2 Å². The first kappa shape index (κ1) is 17.0. The number of ether oxygens (including phenoxy) is 2. The maximum atomic E-state index is 12.4. The largest absolute Gasteiger partial charge is 0.490 e. The minimum Gasteiger partial charge on any atom is -0.490 e. The summed E-state index contributed by atoms with van der Waals surface area (Å²) in [7, 11) is 0. The summed E-state index contributed by atoms with van der Waals surface area (Å²) in [6.07, 6.45) is 0. The fourth-order valence-corrected chi connectivity index (χ4v) is 2.77. The van der Waals surface area contributed by atoms with Crippen LogP contribution in [0.5, 0.6) is 11.5 Å². The molecule has 2 aromatic heterocycles. The first-order valence-electron chi connectivity index (χ1n) is 7.78. The van der Waals surface area contributed by atoms with Crippen LogP contribution in [0, 0.1) is 0 Å². The molecule has 0 aliphatic heterocycles. The van der Waals surface area contributed by atoms with Gasteiger partial charge in [0.15, 0.2) is 11.5 Å². The zero-order valence-electron chi connectivity index (χ0n) is 13.8. The fourth-order valence-electron chi connectivity index (χ4n) is 2.14. The molecule has 1 aromatic carbocycles. The lowest BCUT2D eigenvalue weighted by molar-refractivity contribution is 0.102. The van der Waals surface area contributed by atoms with E-state index in [1.165, 1.54) is 11.3 Å². The van der Waals surface area contributed by atoms with Gasteiger partial charge in [-0.1, -0.05) is 5.10 Å². The predicted molar refractivity (Wildman–Crippen MR) is 94.3 cm³/mol. The van der Waals surface area contributed by atoms with Gasteiger partial charge in [-0.2, -0.15) is 11.3 Å². The first-order valence-corrected chi connectivity index (χ1v) is 8.72. The molecular weight excluding hydrogens is 342 g/mol. The fraction of sp³-hybridized carbons (Fsp3) is 0.235. The maximum absolute atomic E-state index is 12.4. The molecule has 0 saturated carbocycles. The van der Waals surface area contributed by atoms with Crippen molar-refractivity contribution in [1.29, 1.82) is 0 Å². The number of benzene rings is 1. The van der Waals surface area contributed by atoms with Crippen molar-refractivity contribution >= 4 is 23.3 Å². The summed E-state index contributed by atoms with van der Waals surface area (Å²) in [5, 5.41) is 14.2. The smallest absolute Gasteiger partial charge is 0.322 e. The van der Waals surface area contributed by atoms with Crippen molar-refractivity contribution in [1.82, 2.24) is 10.2 Å². The molecular formula is C17H17N3O4S. The third-order valence-electron chi connectivity index (χ3n) is 3.22. The third-order valence-corrected chi connectivity index (χ3v) is 3.90. The number of rotatable bonds is 7. The van der Waals surface area contributed by atoms with E-state index in [1.54, 1.807) is 18.2 Å². The van der Waals surface area contributed by atoms with Crippen LogP contribution in [-0.4, -0.2) is 29.3 Å². The number of thiophene rings is 1. The van der Waals surface area contributed by atoms with Gasteiger partial charge in [-0.15, -0.1) is 5.10 Å². The second-order valence-electron chi connectivity index (χ2n) is 4.91. The number of carbonyl (C=O) groups is 1. The van der Waals surface area contributed by atoms with Gasteiger partial charge in [0.1, 0.15) is 0 Å². The molecule has 1 amide bonds. The predicted octanol–water partition coefficient (Wildman–Crippen LogP) is 3.85. The highest BCUT2D eigenvalue weighted by molar-refractivity contribution is 7.08. The summed E-state index contributed by atoms with van der Waals surface area (Å²) < 4.78 is 16.5. The molecule has 25 heavy (non-hydrogen) atoms. The Balaban J connectivity index is 1.75. The van der Waals surface area contributed by atoms with Crippen molar-refractivity contribution < 1.29 is 18.7 Å². The quantitative estimate of drug-likeness (QED) is 0.689. The zero-order valence-corrected chi connectivity index (χ0v) is 14.6. The average molecular weight is 359 g/mol. The van der Waals surface area contributed by atoms with Crippen LogP contribution in [0.25, 0.3) is 11.5 Å². The summed E-state index contributed by atoms with van der Waals surface area (Å²) >= 11 is 1.53. The molecule has 3 aromatic rings. The van der Waals surface area contributed by atoms with Crippen molar-refractivity contribution in [2.45, 2.75) is 13.8 Å². The Hall–Kier alpha value is -2.87. The monoisotopic (exact) mass is 359 g/mol. The van der Waals surface area contributed by atoms with Gasteiger partial charge < -0.3 is 13.9 Å². The summed E-state index contributed by atoms with van der Waals surface area (Å²) in [5.74, 6) is 1.10. The Morgan fingerprint density at radius 2 is 1.96 bits per heavy atom. The van der Waals surface area contributed by atoms with Crippen molar-refractivity contribution in [2.24, 2.45) is 0 Å². The number of carbonyl (C=O) groups excluding carboxylic acids is 1. The second kappa shape index (κ2) is 7.80. The highest BCUT2D eigenvalue weighted by Gasteiger charge is 2.15. The Bertz CT molecular complexity index is 845. The number of nitrogens with one attached hydrogen (secondary N) is 1. The molecule has 0 radical (unpaired) electrons. The topological polar surface area (TPSA) is 86.5 Å². The Morgan fingerprint density at radius 3 is 2.68 bits per heavy atom.